The van der Waals surface area contributed by atoms with Crippen molar-refractivity contribution in [1.29, 1.82) is 0 Å². The summed E-state index contributed by atoms with van der Waals surface area (Å²) < 4.78 is 0. The zero-order chi connectivity index (χ0) is 16.0. The quantitative estimate of drug-likeness (QED) is 0.587. The first-order chi connectivity index (χ1) is 9.85. The largest absolute Gasteiger partial charge is 0.392 e. The van der Waals surface area contributed by atoms with E-state index in [-0.39, 0.29) is 12.3 Å². The van der Waals surface area contributed by atoms with Gasteiger partial charge in [-0.3, -0.25) is 10.1 Å². The molecule has 1 N–H and O–H groups in total. The van der Waals surface area contributed by atoms with Crippen LogP contribution in [0.1, 0.15) is 19.4 Å². The topological polar surface area (TPSA) is 69.9 Å². The lowest BCUT2D eigenvalue weighted by atomic mass is 10.1. The minimum atomic E-state index is -0.435. The number of benzene rings is 1. The fraction of sp³-hybridized carbons (Fsp3) is 0.600. The van der Waals surface area contributed by atoms with Crippen molar-refractivity contribution in [3.05, 3.63) is 33.9 Å². The monoisotopic (exact) mass is 295 g/mol. The van der Waals surface area contributed by atoms with E-state index in [0.29, 0.717) is 11.5 Å². The van der Waals surface area contributed by atoms with Crippen LogP contribution in [-0.4, -0.2) is 48.7 Å². The Morgan fingerprint density at radius 1 is 1.29 bits per heavy atom. The Kier molecular flexibility index (Phi) is 6.58. The van der Waals surface area contributed by atoms with Crippen LogP contribution in [0.4, 0.5) is 11.4 Å². The molecule has 21 heavy (non-hydrogen) atoms. The maximum Gasteiger partial charge on any atom is 0.269 e. The number of hydrogen-bond donors (Lipinski definition) is 1. The second kappa shape index (κ2) is 7.95. The minimum Gasteiger partial charge on any atom is -0.392 e. The lowest BCUT2D eigenvalue weighted by molar-refractivity contribution is -0.384. The van der Waals surface area contributed by atoms with Crippen LogP contribution in [0.25, 0.3) is 0 Å². The maximum atomic E-state index is 10.8. The average molecular weight is 295 g/mol. The summed E-state index contributed by atoms with van der Waals surface area (Å²) in [6.45, 7) is 6.61. The summed E-state index contributed by atoms with van der Waals surface area (Å²) in [5.41, 5.74) is 1.49. The van der Waals surface area contributed by atoms with Gasteiger partial charge in [0.2, 0.25) is 0 Å². The van der Waals surface area contributed by atoms with Gasteiger partial charge in [-0.05, 0) is 26.1 Å². The Balaban J connectivity index is 3.07. The van der Waals surface area contributed by atoms with E-state index < -0.39 is 4.92 Å². The first-order valence-electron chi connectivity index (χ1n) is 7.13. The number of non-ortho nitro benzene ring substituents is 1. The number of aliphatic hydroxyl groups is 1. The number of nitro groups is 1. The smallest absolute Gasteiger partial charge is 0.269 e. The third kappa shape index (κ3) is 5.32. The molecule has 0 bridgehead atoms. The Morgan fingerprint density at radius 3 is 2.43 bits per heavy atom. The van der Waals surface area contributed by atoms with E-state index in [1.807, 2.05) is 14.1 Å². The van der Waals surface area contributed by atoms with Crippen LogP contribution in [-0.2, 0) is 6.61 Å². The Bertz CT molecular complexity index is 475. The lowest BCUT2D eigenvalue weighted by Gasteiger charge is -2.29. The second-order valence-corrected chi connectivity index (χ2v) is 5.87. The van der Waals surface area contributed by atoms with Crippen molar-refractivity contribution in [3.63, 3.8) is 0 Å². The molecule has 0 aliphatic rings. The summed E-state index contributed by atoms with van der Waals surface area (Å²) in [7, 11) is 4.02. The molecule has 0 fully saturated rings. The van der Waals surface area contributed by atoms with E-state index in [0.717, 1.165) is 25.3 Å². The number of nitro benzene ring substituents is 1. The zero-order valence-corrected chi connectivity index (χ0v) is 13.2. The molecule has 1 rings (SSSR count). The molecule has 6 heteroatoms. The van der Waals surface area contributed by atoms with Crippen LogP contribution >= 0.6 is 0 Å². The fourth-order valence-electron chi connectivity index (χ4n) is 2.19. The predicted molar refractivity (Wildman–Crippen MR) is 84.6 cm³/mol. The van der Waals surface area contributed by atoms with E-state index in [1.54, 1.807) is 6.07 Å². The van der Waals surface area contributed by atoms with Crippen molar-refractivity contribution in [2.75, 3.05) is 38.6 Å². The highest BCUT2D eigenvalue weighted by Crippen LogP contribution is 2.26. The van der Waals surface area contributed by atoms with Crippen LogP contribution in [0.2, 0.25) is 0 Å². The Morgan fingerprint density at radius 2 is 1.95 bits per heavy atom. The Labute approximate surface area is 126 Å². The van der Waals surface area contributed by atoms with Crippen LogP contribution in [0.5, 0.6) is 0 Å². The first kappa shape index (κ1) is 17.4. The molecule has 0 aromatic heterocycles. The molecule has 0 radical (unpaired) electrons. The molecule has 0 atom stereocenters. The molecule has 1 aromatic carbocycles. The second-order valence-electron chi connectivity index (χ2n) is 5.87. The average Bonchev–Trinajstić information content (AvgIpc) is 2.42. The highest BCUT2D eigenvalue weighted by Gasteiger charge is 2.16. The van der Waals surface area contributed by atoms with Gasteiger partial charge in [0.1, 0.15) is 0 Å². The lowest BCUT2D eigenvalue weighted by Crippen LogP contribution is -2.35. The van der Waals surface area contributed by atoms with Gasteiger partial charge in [-0.25, -0.2) is 0 Å². The molecule has 0 unspecified atom stereocenters. The van der Waals surface area contributed by atoms with Crippen LogP contribution in [0, 0.1) is 16.0 Å². The van der Waals surface area contributed by atoms with E-state index in [2.05, 4.69) is 23.6 Å². The highest BCUT2D eigenvalue weighted by molar-refractivity contribution is 5.57. The number of rotatable bonds is 8. The summed E-state index contributed by atoms with van der Waals surface area (Å²) in [4.78, 5) is 14.7. The summed E-state index contributed by atoms with van der Waals surface area (Å²) >= 11 is 0. The molecule has 0 saturated carbocycles. The van der Waals surface area contributed by atoms with Gasteiger partial charge in [-0.1, -0.05) is 13.8 Å². The molecule has 6 nitrogen and oxygen atoms in total. The fourth-order valence-corrected chi connectivity index (χ4v) is 2.19. The van der Waals surface area contributed by atoms with E-state index in [9.17, 15) is 15.2 Å². The standard InChI is InChI=1S/C15H25N3O3/c1-12(2)10-17(8-7-16(3)4)15-6-5-14(18(20)21)9-13(15)11-19/h5-6,9,12,19H,7-8,10-11H2,1-4H3. The third-order valence-corrected chi connectivity index (χ3v) is 3.19. The van der Waals surface area contributed by atoms with Gasteiger partial charge >= 0.3 is 0 Å². The highest BCUT2D eigenvalue weighted by atomic mass is 16.6. The van der Waals surface area contributed by atoms with Gasteiger partial charge in [-0.15, -0.1) is 0 Å². The number of likely N-dealkylation sites (N-methyl/N-ethyl adjacent to an activating group) is 1. The molecule has 0 saturated heterocycles. The van der Waals surface area contributed by atoms with Crippen LogP contribution < -0.4 is 4.90 Å². The van der Waals surface area contributed by atoms with Crippen molar-refractivity contribution >= 4 is 11.4 Å². The van der Waals surface area contributed by atoms with Gasteiger partial charge in [-0.2, -0.15) is 0 Å². The van der Waals surface area contributed by atoms with E-state index >= 15 is 0 Å². The van der Waals surface area contributed by atoms with Crippen molar-refractivity contribution in [2.24, 2.45) is 5.92 Å². The van der Waals surface area contributed by atoms with E-state index in [4.69, 9.17) is 0 Å². The molecular formula is C15H25N3O3. The minimum absolute atomic E-state index is 0.0138. The number of aliphatic hydroxyl groups excluding tert-OH is 1. The van der Waals surface area contributed by atoms with Gasteiger partial charge in [0, 0.05) is 43.0 Å². The van der Waals surface area contributed by atoms with Crippen molar-refractivity contribution in [3.8, 4) is 0 Å². The number of hydrogen-bond acceptors (Lipinski definition) is 5. The van der Waals surface area contributed by atoms with Gasteiger partial charge in [0.25, 0.3) is 5.69 Å². The maximum absolute atomic E-state index is 10.8. The number of anilines is 1. The molecule has 0 aliphatic carbocycles. The molecular weight excluding hydrogens is 270 g/mol. The molecule has 0 amide bonds. The zero-order valence-electron chi connectivity index (χ0n) is 13.2. The molecule has 0 heterocycles. The van der Waals surface area contributed by atoms with Gasteiger partial charge < -0.3 is 14.9 Å². The van der Waals surface area contributed by atoms with Crippen LogP contribution in [0.15, 0.2) is 18.2 Å². The molecule has 0 spiro atoms. The summed E-state index contributed by atoms with van der Waals surface area (Å²) in [6, 6.07) is 4.69. The predicted octanol–water partition coefficient (Wildman–Crippen LogP) is 2.11. The normalized spacial score (nSPS) is 11.2. The first-order valence-corrected chi connectivity index (χ1v) is 7.13. The van der Waals surface area contributed by atoms with Gasteiger partial charge in [0.05, 0.1) is 11.5 Å². The van der Waals surface area contributed by atoms with Crippen molar-refractivity contribution < 1.29 is 10.0 Å². The Hall–Kier alpha value is -1.66. The molecule has 0 aliphatic heterocycles. The van der Waals surface area contributed by atoms with Gasteiger partial charge in [0.15, 0.2) is 0 Å². The van der Waals surface area contributed by atoms with E-state index in [1.165, 1.54) is 12.1 Å². The van der Waals surface area contributed by atoms with Crippen LogP contribution in [0.3, 0.4) is 0 Å². The van der Waals surface area contributed by atoms with Crippen molar-refractivity contribution in [1.82, 2.24) is 4.90 Å². The number of nitrogens with zero attached hydrogens (tertiary/aromatic N) is 3. The third-order valence-electron chi connectivity index (χ3n) is 3.19. The molecule has 1 aromatic rings. The van der Waals surface area contributed by atoms with Crippen molar-refractivity contribution in [2.45, 2.75) is 20.5 Å². The SMILES string of the molecule is CC(C)CN(CCN(C)C)c1ccc([N+](=O)[O-])cc1CO. The summed E-state index contributed by atoms with van der Waals surface area (Å²) in [6.07, 6.45) is 0. The summed E-state index contributed by atoms with van der Waals surface area (Å²) in [5, 5.41) is 20.4. The summed E-state index contributed by atoms with van der Waals surface area (Å²) in [5.74, 6) is 0.467. The molecule has 118 valence electrons.